The highest BCUT2D eigenvalue weighted by Crippen LogP contribution is 2.37. The molecule has 0 N–H and O–H groups in total. The predicted octanol–water partition coefficient (Wildman–Crippen LogP) is 3.81. The number of ether oxygens (including phenoxy) is 2. The van der Waals surface area contributed by atoms with E-state index in [2.05, 4.69) is 0 Å². The third-order valence-corrected chi connectivity index (χ3v) is 6.07. The van der Waals surface area contributed by atoms with Crippen LogP contribution in [-0.2, 0) is 16.6 Å². The summed E-state index contributed by atoms with van der Waals surface area (Å²) in [5, 5.41) is 0.549. The van der Waals surface area contributed by atoms with Gasteiger partial charge in [-0.3, -0.25) is 9.10 Å². The predicted molar refractivity (Wildman–Crippen MR) is 119 cm³/mol. The van der Waals surface area contributed by atoms with Gasteiger partial charge in [0.15, 0.2) is 11.5 Å². The summed E-state index contributed by atoms with van der Waals surface area (Å²) in [4.78, 5) is 14.8. The summed E-state index contributed by atoms with van der Waals surface area (Å²) in [5.41, 5.74) is 1.17. The van der Waals surface area contributed by atoms with Crippen LogP contribution in [0.5, 0.6) is 11.5 Å². The molecule has 0 saturated carbocycles. The lowest BCUT2D eigenvalue weighted by Crippen LogP contribution is -2.35. The highest BCUT2D eigenvalue weighted by Gasteiger charge is 2.28. The second kappa shape index (κ2) is 10.0. The van der Waals surface area contributed by atoms with Gasteiger partial charge in [-0.05, 0) is 37.6 Å². The van der Waals surface area contributed by atoms with Crippen LogP contribution >= 0.6 is 11.6 Å². The summed E-state index contributed by atoms with van der Waals surface area (Å²) in [5.74, 6) is 0.380. The largest absolute Gasteiger partial charge is 0.493 e. The zero-order valence-corrected chi connectivity index (χ0v) is 19.4. The minimum Gasteiger partial charge on any atom is -0.493 e. The summed E-state index contributed by atoms with van der Waals surface area (Å²) < 4.78 is 37.4. The molecule has 2 aromatic rings. The Kier molecular flexibility index (Phi) is 7.97. The molecule has 0 spiro atoms. The summed E-state index contributed by atoms with van der Waals surface area (Å²) in [6, 6.07) is 9.91. The first-order chi connectivity index (χ1) is 14.2. The molecule has 0 unspecified atom stereocenters. The van der Waals surface area contributed by atoms with Gasteiger partial charge in [0.1, 0.15) is 0 Å². The normalized spacial score (nSPS) is 11.1. The molecule has 2 aromatic carbocycles. The minimum absolute atomic E-state index is 0.0318. The maximum absolute atomic E-state index is 13.2. The lowest BCUT2D eigenvalue weighted by molar-refractivity contribution is 0.0773. The van der Waals surface area contributed by atoms with E-state index in [4.69, 9.17) is 21.1 Å². The molecule has 0 heterocycles. The molecule has 30 heavy (non-hydrogen) atoms. The van der Waals surface area contributed by atoms with E-state index >= 15 is 0 Å². The molecule has 0 bridgehead atoms. The summed E-state index contributed by atoms with van der Waals surface area (Å²) >= 11 is 5.95. The highest BCUT2D eigenvalue weighted by molar-refractivity contribution is 7.92. The number of amides is 1. The van der Waals surface area contributed by atoms with Crippen molar-refractivity contribution < 1.29 is 22.7 Å². The first kappa shape index (κ1) is 23.8. The van der Waals surface area contributed by atoms with Crippen molar-refractivity contribution in [2.45, 2.75) is 20.4 Å². The number of hydrogen-bond donors (Lipinski definition) is 0. The van der Waals surface area contributed by atoms with Gasteiger partial charge in [0, 0.05) is 24.2 Å². The van der Waals surface area contributed by atoms with Gasteiger partial charge in [-0.15, -0.1) is 0 Å². The number of halogens is 1. The molecule has 0 aliphatic carbocycles. The van der Waals surface area contributed by atoms with E-state index in [1.54, 1.807) is 29.2 Å². The van der Waals surface area contributed by atoms with Crippen molar-refractivity contribution in [2.24, 2.45) is 0 Å². The molecule has 164 valence electrons. The summed E-state index contributed by atoms with van der Waals surface area (Å²) in [6.45, 7) is 4.73. The quantitative estimate of drug-likeness (QED) is 0.576. The van der Waals surface area contributed by atoms with Crippen LogP contribution in [0, 0.1) is 0 Å². The molecule has 2 rings (SSSR count). The zero-order chi connectivity index (χ0) is 22.5. The SMILES string of the molecule is CCN(CC)C(=O)c1cc(OC)c(OC)cc1N(Cc1ccc(Cl)cc1)S(C)(=O)=O. The van der Waals surface area contributed by atoms with Crippen molar-refractivity contribution in [3.05, 3.63) is 52.5 Å². The molecule has 0 aromatic heterocycles. The smallest absolute Gasteiger partial charge is 0.256 e. The van der Waals surface area contributed by atoms with Crippen LogP contribution in [0.2, 0.25) is 5.02 Å². The number of rotatable bonds is 9. The average molecular weight is 455 g/mol. The Bertz CT molecular complexity index is 989. The van der Waals surface area contributed by atoms with E-state index in [1.807, 2.05) is 13.8 Å². The Hall–Kier alpha value is -2.45. The summed E-state index contributed by atoms with van der Waals surface area (Å²) in [7, 11) is -0.813. The van der Waals surface area contributed by atoms with Crippen molar-refractivity contribution in [1.29, 1.82) is 0 Å². The molecule has 9 heteroatoms. The van der Waals surface area contributed by atoms with E-state index in [0.29, 0.717) is 29.6 Å². The number of nitrogens with zero attached hydrogens (tertiary/aromatic N) is 2. The maximum Gasteiger partial charge on any atom is 0.256 e. The van der Waals surface area contributed by atoms with Crippen LogP contribution < -0.4 is 13.8 Å². The van der Waals surface area contributed by atoms with Gasteiger partial charge in [-0.2, -0.15) is 0 Å². The van der Waals surface area contributed by atoms with Crippen LogP contribution in [0.3, 0.4) is 0 Å². The standard InChI is InChI=1S/C21H27ClN2O5S/c1-6-23(7-2)21(25)17-12-19(28-3)20(29-4)13-18(17)24(30(5,26)27)14-15-8-10-16(22)11-9-15/h8-13H,6-7,14H2,1-5H3. The zero-order valence-electron chi connectivity index (χ0n) is 17.8. The van der Waals surface area contributed by atoms with E-state index in [-0.39, 0.29) is 23.7 Å². The first-order valence-electron chi connectivity index (χ1n) is 9.43. The molecule has 0 aliphatic rings. The Morgan fingerprint density at radius 3 is 2.00 bits per heavy atom. The Labute approximate surface area is 183 Å². The first-order valence-corrected chi connectivity index (χ1v) is 11.7. The molecule has 0 radical (unpaired) electrons. The van der Waals surface area contributed by atoms with Crippen LogP contribution in [0.1, 0.15) is 29.8 Å². The fourth-order valence-corrected chi connectivity index (χ4v) is 4.08. The topological polar surface area (TPSA) is 76.2 Å². The second-order valence-corrected chi connectivity index (χ2v) is 8.94. The second-order valence-electron chi connectivity index (χ2n) is 6.60. The van der Waals surface area contributed by atoms with Gasteiger partial charge >= 0.3 is 0 Å². The molecular formula is C21H27ClN2O5S. The van der Waals surface area contributed by atoms with Gasteiger partial charge in [0.2, 0.25) is 10.0 Å². The van der Waals surface area contributed by atoms with E-state index in [1.165, 1.54) is 30.7 Å². The van der Waals surface area contributed by atoms with Gasteiger partial charge in [-0.1, -0.05) is 23.7 Å². The fraction of sp³-hybridized carbons (Fsp3) is 0.381. The molecule has 0 saturated heterocycles. The maximum atomic E-state index is 13.2. The molecule has 0 atom stereocenters. The number of benzene rings is 2. The van der Waals surface area contributed by atoms with E-state index < -0.39 is 10.0 Å². The Morgan fingerprint density at radius 2 is 1.53 bits per heavy atom. The Balaban J connectivity index is 2.71. The van der Waals surface area contributed by atoms with Gasteiger partial charge in [0.25, 0.3) is 5.91 Å². The van der Waals surface area contributed by atoms with Gasteiger partial charge < -0.3 is 14.4 Å². The Morgan fingerprint density at radius 1 is 1.00 bits per heavy atom. The molecular weight excluding hydrogens is 428 g/mol. The van der Waals surface area contributed by atoms with Crippen LogP contribution in [0.4, 0.5) is 5.69 Å². The van der Waals surface area contributed by atoms with Crippen molar-refractivity contribution in [2.75, 3.05) is 37.9 Å². The number of carbonyl (C=O) groups is 1. The lowest BCUT2D eigenvalue weighted by Gasteiger charge is -2.28. The van der Waals surface area contributed by atoms with Crippen LogP contribution in [-0.4, -0.2) is 52.8 Å². The molecule has 7 nitrogen and oxygen atoms in total. The minimum atomic E-state index is -3.73. The third kappa shape index (κ3) is 5.37. The van der Waals surface area contributed by atoms with E-state index in [9.17, 15) is 13.2 Å². The van der Waals surface area contributed by atoms with Crippen LogP contribution in [0.25, 0.3) is 0 Å². The van der Waals surface area contributed by atoms with Crippen molar-refractivity contribution >= 4 is 33.2 Å². The lowest BCUT2D eigenvalue weighted by atomic mass is 10.1. The third-order valence-electron chi connectivity index (χ3n) is 4.69. The van der Waals surface area contributed by atoms with Crippen molar-refractivity contribution in [1.82, 2.24) is 4.90 Å². The number of methoxy groups -OCH3 is 2. The average Bonchev–Trinajstić information content (AvgIpc) is 2.72. The molecule has 0 fully saturated rings. The fourth-order valence-electron chi connectivity index (χ4n) is 3.06. The molecule has 0 aliphatic heterocycles. The number of sulfonamides is 1. The summed E-state index contributed by atoms with van der Waals surface area (Å²) in [6.07, 6.45) is 1.10. The van der Waals surface area contributed by atoms with Gasteiger partial charge in [-0.25, -0.2) is 8.42 Å². The number of anilines is 1. The van der Waals surface area contributed by atoms with Gasteiger partial charge in [0.05, 0.1) is 38.3 Å². The van der Waals surface area contributed by atoms with Crippen molar-refractivity contribution in [3.8, 4) is 11.5 Å². The number of carbonyl (C=O) groups excluding carboxylic acids is 1. The van der Waals surface area contributed by atoms with E-state index in [0.717, 1.165) is 11.8 Å². The highest BCUT2D eigenvalue weighted by atomic mass is 35.5. The monoisotopic (exact) mass is 454 g/mol. The van der Waals surface area contributed by atoms with Crippen LogP contribution in [0.15, 0.2) is 36.4 Å². The van der Waals surface area contributed by atoms with Crippen molar-refractivity contribution in [3.63, 3.8) is 0 Å². The number of hydrogen-bond acceptors (Lipinski definition) is 5. The molecule has 1 amide bonds.